The zero-order chi connectivity index (χ0) is 24.9. The first-order valence-corrected chi connectivity index (χ1v) is 13.1. The Morgan fingerprint density at radius 3 is 1.75 bits per heavy atom. The fourth-order valence-corrected chi connectivity index (χ4v) is 5.48. The van der Waals surface area contributed by atoms with Crippen molar-refractivity contribution in [2.45, 2.75) is 63.6 Å². The number of likely N-dealkylation sites (tertiary alicyclic amines) is 1. The van der Waals surface area contributed by atoms with Gasteiger partial charge in [0.2, 0.25) is 0 Å². The van der Waals surface area contributed by atoms with E-state index in [1.165, 1.54) is 5.56 Å². The third-order valence-electron chi connectivity index (χ3n) is 7.72. The number of aliphatic hydroxyl groups excluding tert-OH is 1. The van der Waals surface area contributed by atoms with Crippen molar-refractivity contribution >= 4 is 51.4 Å². The van der Waals surface area contributed by atoms with Gasteiger partial charge in [-0.3, -0.25) is 0 Å². The van der Waals surface area contributed by atoms with Gasteiger partial charge in [-0.1, -0.05) is 106 Å². The molecule has 2 N–H and O–H groups in total. The van der Waals surface area contributed by atoms with Crippen molar-refractivity contribution in [1.82, 2.24) is 4.90 Å². The third kappa shape index (κ3) is 7.18. The maximum absolute atomic E-state index is 12.1. The Labute approximate surface area is 260 Å². The van der Waals surface area contributed by atoms with Gasteiger partial charge in [0, 0.05) is 0 Å². The number of aliphatic hydroxyl groups is 2. The van der Waals surface area contributed by atoms with Gasteiger partial charge in [0.05, 0.1) is 6.10 Å². The summed E-state index contributed by atoms with van der Waals surface area (Å²) < 4.78 is 0. The molecule has 0 bridgehead atoms. The summed E-state index contributed by atoms with van der Waals surface area (Å²) in [4.78, 5) is 2.49. The molecule has 0 saturated carbocycles. The zero-order valence-electron chi connectivity index (χ0n) is 21.5. The van der Waals surface area contributed by atoms with Gasteiger partial charge in [0.15, 0.2) is 0 Å². The molecule has 188 valence electrons. The molecule has 4 rings (SSSR count). The van der Waals surface area contributed by atoms with Crippen molar-refractivity contribution in [3.63, 3.8) is 0 Å². The van der Waals surface area contributed by atoms with Gasteiger partial charge in [0.1, 0.15) is 5.60 Å². The first-order valence-electron chi connectivity index (χ1n) is 13.1. The molecule has 4 heteroatoms. The van der Waals surface area contributed by atoms with Crippen LogP contribution in [0.4, 0.5) is 0 Å². The Kier molecular flexibility index (Phi) is 11.0. The van der Waals surface area contributed by atoms with Crippen LogP contribution in [-0.4, -0.2) is 86.1 Å². The topological polar surface area (TPSA) is 43.7 Å². The number of hydrogen-bond acceptors (Lipinski definition) is 3. The average Bonchev–Trinajstić information content (AvgIpc) is 2.89. The van der Waals surface area contributed by atoms with E-state index in [0.29, 0.717) is 0 Å². The quantitative estimate of drug-likeness (QED) is 0.376. The Bertz CT molecular complexity index is 1000. The summed E-state index contributed by atoms with van der Waals surface area (Å²) in [6, 6.07) is 28.7. The summed E-state index contributed by atoms with van der Waals surface area (Å²) in [5.74, 6) is 0.176. The van der Waals surface area contributed by atoms with Gasteiger partial charge in [-0.05, 0) is 78.9 Å². The molecule has 36 heavy (non-hydrogen) atoms. The van der Waals surface area contributed by atoms with Crippen molar-refractivity contribution in [2.24, 2.45) is 5.92 Å². The van der Waals surface area contributed by atoms with Gasteiger partial charge in [-0.25, -0.2) is 0 Å². The predicted octanol–water partition coefficient (Wildman–Crippen LogP) is 5.80. The van der Waals surface area contributed by atoms with E-state index >= 15 is 0 Å². The van der Waals surface area contributed by atoms with E-state index in [4.69, 9.17) is 0 Å². The molecule has 0 aromatic heterocycles. The van der Waals surface area contributed by atoms with E-state index in [-0.39, 0.29) is 62.7 Å². The average molecular weight is 512 g/mol. The molecule has 0 radical (unpaired) electrons. The zero-order valence-corrected chi connectivity index (χ0v) is 21.5. The number of piperidine rings is 1. The van der Waals surface area contributed by atoms with E-state index < -0.39 is 11.7 Å². The number of hydrogen-bond donors (Lipinski definition) is 2. The molecule has 3 aromatic carbocycles. The first kappa shape index (κ1) is 29.7. The van der Waals surface area contributed by atoms with Crippen LogP contribution in [0, 0.1) is 5.92 Å². The van der Waals surface area contributed by atoms with Crippen LogP contribution in [-0.2, 0) is 11.0 Å². The van der Waals surface area contributed by atoms with E-state index in [0.717, 1.165) is 62.0 Å². The molecular formula is C32H42KNO2. The van der Waals surface area contributed by atoms with E-state index in [1.807, 2.05) is 36.4 Å². The molecule has 0 unspecified atom stereocenters. The third-order valence-corrected chi connectivity index (χ3v) is 7.72. The Balaban J connectivity index is 0.00000361. The molecule has 1 atom stereocenters. The molecule has 1 aliphatic heterocycles. The summed E-state index contributed by atoms with van der Waals surface area (Å²) in [7, 11) is 0. The minimum atomic E-state index is -0.968. The molecule has 0 aliphatic carbocycles. The molecule has 0 spiro atoms. The van der Waals surface area contributed by atoms with Gasteiger partial charge >= 0.3 is 51.4 Å². The Morgan fingerprint density at radius 2 is 1.28 bits per heavy atom. The van der Waals surface area contributed by atoms with Crippen molar-refractivity contribution in [3.8, 4) is 0 Å². The normalized spacial score (nSPS) is 16.4. The maximum atomic E-state index is 12.1. The van der Waals surface area contributed by atoms with Crippen LogP contribution in [0.3, 0.4) is 0 Å². The summed E-state index contributed by atoms with van der Waals surface area (Å²) in [6.07, 6.45) is 3.23. The fraction of sp³-hybridized carbons (Fsp3) is 0.438. The number of rotatable bonds is 8. The van der Waals surface area contributed by atoms with Crippen molar-refractivity contribution in [2.75, 3.05) is 19.6 Å². The summed E-state index contributed by atoms with van der Waals surface area (Å²) >= 11 is 0. The molecule has 1 aliphatic rings. The van der Waals surface area contributed by atoms with Crippen LogP contribution in [0.25, 0.3) is 0 Å². The van der Waals surface area contributed by atoms with Crippen LogP contribution in [0.5, 0.6) is 0 Å². The van der Waals surface area contributed by atoms with E-state index in [1.54, 1.807) is 0 Å². The first-order chi connectivity index (χ1) is 16.8. The second kappa shape index (κ2) is 13.3. The second-order valence-corrected chi connectivity index (χ2v) is 11.1. The van der Waals surface area contributed by atoms with Gasteiger partial charge in [-0.2, -0.15) is 0 Å². The predicted molar refractivity (Wildman–Crippen MR) is 152 cm³/mol. The second-order valence-electron chi connectivity index (χ2n) is 11.1. The van der Waals surface area contributed by atoms with Crippen molar-refractivity contribution < 1.29 is 10.2 Å². The fourth-order valence-electron chi connectivity index (χ4n) is 5.48. The molecule has 1 saturated heterocycles. The van der Waals surface area contributed by atoms with Crippen LogP contribution in [0.2, 0.25) is 0 Å². The number of nitrogens with zero attached hydrogens (tertiary/aromatic N) is 1. The molecule has 3 nitrogen and oxygen atoms in total. The molecule has 1 heterocycles. The summed E-state index contributed by atoms with van der Waals surface area (Å²) in [5.41, 5.74) is 3.41. The van der Waals surface area contributed by atoms with E-state index in [2.05, 4.69) is 74.2 Å². The SMILES string of the molecule is CC(C)(C)c1ccc([C@H](O)CCCN2CCC(C(O)(c3ccccc3)c3ccccc3)CC2)cc1.[KH]. The molecular weight excluding hydrogens is 469 g/mol. The van der Waals surface area contributed by atoms with Gasteiger partial charge in [0.25, 0.3) is 0 Å². The Hall–Kier alpha value is -0.824. The molecule has 1 fully saturated rings. The van der Waals surface area contributed by atoms with E-state index in [9.17, 15) is 10.2 Å². The monoisotopic (exact) mass is 511 g/mol. The summed E-state index contributed by atoms with van der Waals surface area (Å²) in [5, 5.41) is 22.8. The van der Waals surface area contributed by atoms with Crippen LogP contribution >= 0.6 is 0 Å². The van der Waals surface area contributed by atoms with Crippen LogP contribution < -0.4 is 0 Å². The Morgan fingerprint density at radius 1 is 0.778 bits per heavy atom. The number of benzene rings is 3. The molecule has 0 amide bonds. The van der Waals surface area contributed by atoms with Crippen molar-refractivity contribution in [1.29, 1.82) is 0 Å². The summed E-state index contributed by atoms with van der Waals surface area (Å²) in [6.45, 7) is 9.57. The van der Waals surface area contributed by atoms with Crippen LogP contribution in [0.1, 0.15) is 74.8 Å². The van der Waals surface area contributed by atoms with Crippen molar-refractivity contribution in [3.05, 3.63) is 107 Å². The molecule has 3 aromatic rings. The van der Waals surface area contributed by atoms with Crippen LogP contribution in [0.15, 0.2) is 84.9 Å². The van der Waals surface area contributed by atoms with Gasteiger partial charge in [-0.15, -0.1) is 0 Å². The minimum absolute atomic E-state index is 0. The van der Waals surface area contributed by atoms with Gasteiger partial charge < -0.3 is 15.1 Å². The standard InChI is InChI=1S/C32H41NO2.K.H/c1-31(2,3)26-18-16-25(17-19-26)30(34)15-10-22-33-23-20-29(21-24-33)32(35,27-11-6-4-7-12-27)28-13-8-5-9-14-28;;/h4-9,11-14,16-19,29-30,34-35H,10,15,20-24H2,1-3H3;;/t30-;;/m1../s1.